The molecule has 0 atom stereocenters. The van der Waals surface area contributed by atoms with E-state index in [0.717, 1.165) is 18.2 Å². The minimum Gasteiger partial charge on any atom is -0.482 e. The van der Waals surface area contributed by atoms with Gasteiger partial charge >= 0.3 is 21.7 Å². The third kappa shape index (κ3) is 5.05. The zero-order valence-corrected chi connectivity index (χ0v) is 17.8. The fourth-order valence-electron chi connectivity index (χ4n) is 3.22. The van der Waals surface area contributed by atoms with Crippen LogP contribution in [0.25, 0.3) is 5.76 Å². The highest BCUT2D eigenvalue weighted by atomic mass is 32.2. The molecule has 31 heavy (non-hydrogen) atoms. The smallest absolute Gasteiger partial charge is 0.482 e. The van der Waals surface area contributed by atoms with Gasteiger partial charge in [0.25, 0.3) is 0 Å². The first-order valence-electron chi connectivity index (χ1n) is 9.31. The van der Waals surface area contributed by atoms with Gasteiger partial charge in [-0.15, -0.1) is 0 Å². The van der Waals surface area contributed by atoms with Crippen LogP contribution in [0, 0.1) is 5.82 Å². The average molecular weight is 467 g/mol. The van der Waals surface area contributed by atoms with Crippen LogP contribution in [0.5, 0.6) is 5.75 Å². The van der Waals surface area contributed by atoms with Crippen LogP contribution < -0.4 is 4.74 Å². The predicted octanol–water partition coefficient (Wildman–Crippen LogP) is 4.19. The number of piperidine rings is 1. The van der Waals surface area contributed by atoms with Gasteiger partial charge in [0.05, 0.1) is 5.56 Å². The van der Waals surface area contributed by atoms with Crippen LogP contribution in [0.4, 0.5) is 22.4 Å². The van der Waals surface area contributed by atoms with Crippen molar-refractivity contribution in [2.75, 3.05) is 13.1 Å². The Hall–Kier alpha value is -2.50. The molecule has 2 aliphatic rings. The number of amides is 1. The standard InChI is InChI=1S/C19H21F4NO6S/c1-17(2,3)29-16(25)24-8-6-18(7-9-24)11-15(30-31(26,27)19(21,22)23)13-10-12(20)4-5-14(13)28-18/h4-5,10-11H,6-9H2,1-3H3. The Morgan fingerprint density at radius 1 is 1.16 bits per heavy atom. The lowest BCUT2D eigenvalue weighted by atomic mass is 9.87. The zero-order chi connectivity index (χ0) is 23.2. The maximum atomic E-state index is 13.7. The van der Waals surface area contributed by atoms with E-state index in [-0.39, 0.29) is 37.2 Å². The van der Waals surface area contributed by atoms with Gasteiger partial charge in [-0.1, -0.05) is 0 Å². The maximum Gasteiger partial charge on any atom is 0.534 e. The molecule has 0 saturated carbocycles. The van der Waals surface area contributed by atoms with Crippen molar-refractivity contribution >= 4 is 22.0 Å². The van der Waals surface area contributed by atoms with E-state index in [1.54, 1.807) is 20.8 Å². The van der Waals surface area contributed by atoms with E-state index in [9.17, 15) is 30.8 Å². The van der Waals surface area contributed by atoms with Crippen molar-refractivity contribution in [2.45, 2.75) is 50.3 Å². The van der Waals surface area contributed by atoms with Gasteiger partial charge in [-0.2, -0.15) is 21.6 Å². The Morgan fingerprint density at radius 2 is 1.77 bits per heavy atom. The quantitative estimate of drug-likeness (QED) is 0.369. The van der Waals surface area contributed by atoms with Gasteiger partial charge in [0.1, 0.15) is 22.8 Å². The number of nitrogens with zero attached hydrogens (tertiary/aromatic N) is 1. The van der Waals surface area contributed by atoms with Crippen molar-refractivity contribution in [3.05, 3.63) is 35.7 Å². The van der Waals surface area contributed by atoms with E-state index in [0.29, 0.717) is 0 Å². The number of fused-ring (bicyclic) bond motifs is 1. The summed E-state index contributed by atoms with van der Waals surface area (Å²) in [6.07, 6.45) is 0.801. The molecule has 0 aliphatic carbocycles. The normalized spacial score (nSPS) is 18.7. The molecule has 0 N–H and O–H groups in total. The summed E-state index contributed by atoms with van der Waals surface area (Å²) in [5.41, 5.74) is -7.86. The molecule has 2 heterocycles. The van der Waals surface area contributed by atoms with Crippen LogP contribution in [-0.2, 0) is 19.0 Å². The number of alkyl halides is 3. The van der Waals surface area contributed by atoms with Crippen molar-refractivity contribution in [1.29, 1.82) is 0 Å². The summed E-state index contributed by atoms with van der Waals surface area (Å²) in [6.45, 7) is 5.42. The summed E-state index contributed by atoms with van der Waals surface area (Å²) in [5, 5.41) is 0. The molecule has 0 unspecified atom stereocenters. The molecule has 2 aliphatic heterocycles. The van der Waals surface area contributed by atoms with E-state index in [4.69, 9.17) is 9.47 Å². The van der Waals surface area contributed by atoms with Gasteiger partial charge in [0.2, 0.25) is 0 Å². The molecular weight excluding hydrogens is 446 g/mol. The number of hydrogen-bond donors (Lipinski definition) is 0. The average Bonchev–Trinajstić information content (AvgIpc) is 2.60. The minimum absolute atomic E-state index is 0.0259. The Bertz CT molecular complexity index is 1010. The van der Waals surface area contributed by atoms with Crippen molar-refractivity contribution in [1.82, 2.24) is 4.90 Å². The van der Waals surface area contributed by atoms with Gasteiger partial charge in [-0.05, 0) is 39.0 Å². The third-order valence-electron chi connectivity index (χ3n) is 4.66. The highest BCUT2D eigenvalue weighted by molar-refractivity contribution is 7.87. The Balaban J connectivity index is 1.89. The molecule has 1 fully saturated rings. The van der Waals surface area contributed by atoms with E-state index in [1.807, 2.05) is 0 Å². The number of ether oxygens (including phenoxy) is 2. The molecule has 1 saturated heterocycles. The lowest BCUT2D eigenvalue weighted by Gasteiger charge is -2.42. The summed E-state index contributed by atoms with van der Waals surface area (Å²) in [7, 11) is -5.98. The number of carbonyl (C=O) groups is 1. The molecule has 172 valence electrons. The van der Waals surface area contributed by atoms with E-state index >= 15 is 0 Å². The van der Waals surface area contributed by atoms with E-state index in [1.165, 1.54) is 11.0 Å². The highest BCUT2D eigenvalue weighted by Gasteiger charge is 2.50. The first-order chi connectivity index (χ1) is 14.1. The van der Waals surface area contributed by atoms with Crippen molar-refractivity contribution < 1.29 is 44.4 Å². The lowest BCUT2D eigenvalue weighted by Crippen LogP contribution is -2.50. The second-order valence-corrected chi connectivity index (χ2v) is 9.80. The highest BCUT2D eigenvalue weighted by Crippen LogP contribution is 2.43. The molecule has 0 radical (unpaired) electrons. The molecule has 3 rings (SSSR count). The van der Waals surface area contributed by atoms with E-state index < -0.39 is 44.5 Å². The van der Waals surface area contributed by atoms with Crippen LogP contribution in [0.3, 0.4) is 0 Å². The summed E-state index contributed by atoms with van der Waals surface area (Å²) in [5.74, 6) is -1.51. The van der Waals surface area contributed by atoms with Crippen LogP contribution in [0.15, 0.2) is 24.3 Å². The van der Waals surface area contributed by atoms with Gasteiger partial charge in [-0.25, -0.2) is 9.18 Å². The minimum atomic E-state index is -5.98. The van der Waals surface area contributed by atoms with Gasteiger partial charge in [0, 0.05) is 32.0 Å². The molecule has 12 heteroatoms. The number of benzene rings is 1. The van der Waals surface area contributed by atoms with Gasteiger partial charge in [-0.3, -0.25) is 0 Å². The van der Waals surface area contributed by atoms with Gasteiger partial charge in [0.15, 0.2) is 5.76 Å². The van der Waals surface area contributed by atoms with Crippen LogP contribution in [0.2, 0.25) is 0 Å². The number of likely N-dealkylation sites (tertiary alicyclic amines) is 1. The SMILES string of the molecule is CC(C)(C)OC(=O)N1CCC2(C=C(OS(=O)(=O)C(F)(F)F)c3cc(F)ccc3O2)CC1. The summed E-state index contributed by atoms with van der Waals surface area (Å²) >= 11 is 0. The molecule has 0 bridgehead atoms. The number of hydrogen-bond acceptors (Lipinski definition) is 6. The molecule has 1 spiro atoms. The molecule has 1 aromatic carbocycles. The predicted molar refractivity (Wildman–Crippen MR) is 101 cm³/mol. The van der Waals surface area contributed by atoms with Crippen LogP contribution in [-0.4, -0.2) is 49.2 Å². The Labute approximate surface area is 176 Å². The molecule has 7 nitrogen and oxygen atoms in total. The first kappa shape index (κ1) is 23.2. The van der Waals surface area contributed by atoms with Crippen molar-refractivity contribution in [3.63, 3.8) is 0 Å². The molecule has 1 amide bonds. The van der Waals surface area contributed by atoms with Gasteiger partial charge < -0.3 is 18.6 Å². The lowest BCUT2D eigenvalue weighted by molar-refractivity contribution is -0.0512. The third-order valence-corrected chi connectivity index (χ3v) is 5.62. The fraction of sp³-hybridized carbons (Fsp3) is 0.526. The van der Waals surface area contributed by atoms with Crippen molar-refractivity contribution in [3.8, 4) is 5.75 Å². The Kier molecular flexibility index (Phi) is 5.66. The fourth-order valence-corrected chi connectivity index (χ4v) is 3.69. The summed E-state index contributed by atoms with van der Waals surface area (Å²) in [4.78, 5) is 13.7. The first-order valence-corrected chi connectivity index (χ1v) is 10.7. The monoisotopic (exact) mass is 467 g/mol. The second kappa shape index (κ2) is 7.57. The van der Waals surface area contributed by atoms with Crippen molar-refractivity contribution in [2.24, 2.45) is 0 Å². The molecule has 0 aromatic heterocycles. The molecule has 1 aromatic rings. The van der Waals surface area contributed by atoms with Crippen LogP contribution >= 0.6 is 0 Å². The number of rotatable bonds is 2. The molecular formula is C19H21F4NO6S. The summed E-state index contributed by atoms with van der Waals surface area (Å²) < 4.78 is 90.9. The number of carbonyl (C=O) groups excluding carboxylic acids is 1. The Morgan fingerprint density at radius 3 is 2.32 bits per heavy atom. The van der Waals surface area contributed by atoms with E-state index in [2.05, 4.69) is 4.18 Å². The van der Waals surface area contributed by atoms with Crippen LogP contribution in [0.1, 0.15) is 39.2 Å². The second-order valence-electron chi connectivity index (χ2n) is 8.27. The zero-order valence-electron chi connectivity index (χ0n) is 17.0. The number of halogens is 4. The topological polar surface area (TPSA) is 82.1 Å². The largest absolute Gasteiger partial charge is 0.534 e. The maximum absolute atomic E-state index is 13.7. The summed E-state index contributed by atoms with van der Waals surface area (Å²) in [6, 6.07) is 3.04.